The fourth-order valence-corrected chi connectivity index (χ4v) is 2.11. The first-order chi connectivity index (χ1) is 10.1. The lowest BCUT2D eigenvalue weighted by molar-refractivity contribution is 0.622. The van der Waals surface area contributed by atoms with Gasteiger partial charge in [0, 0.05) is 26.5 Å². The molecule has 2 aromatic heterocycles. The predicted octanol–water partition coefficient (Wildman–Crippen LogP) is 2.70. The lowest BCUT2D eigenvalue weighted by Gasteiger charge is -2.11. The molecule has 6 heteroatoms. The summed E-state index contributed by atoms with van der Waals surface area (Å²) in [5.41, 5.74) is 1.96. The van der Waals surface area contributed by atoms with Crippen molar-refractivity contribution in [3.05, 3.63) is 29.8 Å². The Morgan fingerprint density at radius 2 is 1.95 bits per heavy atom. The number of aryl methyl sites for hydroxylation is 1. The molecule has 0 amide bonds. The van der Waals surface area contributed by atoms with Crippen molar-refractivity contribution >= 4 is 22.9 Å². The van der Waals surface area contributed by atoms with E-state index < -0.39 is 0 Å². The molecule has 3 rings (SSSR count). The molecular weight excluding hydrogens is 266 g/mol. The minimum absolute atomic E-state index is 0.515. The van der Waals surface area contributed by atoms with Crippen molar-refractivity contribution in [2.75, 3.05) is 31.4 Å². The van der Waals surface area contributed by atoms with E-state index in [9.17, 15) is 0 Å². The second-order valence-corrected chi connectivity index (χ2v) is 5.03. The Morgan fingerprint density at radius 1 is 1.14 bits per heavy atom. The van der Waals surface area contributed by atoms with Gasteiger partial charge in [-0.25, -0.2) is 0 Å². The van der Waals surface area contributed by atoms with Crippen LogP contribution in [0.25, 0.3) is 22.6 Å². The van der Waals surface area contributed by atoms with E-state index >= 15 is 0 Å². The van der Waals surface area contributed by atoms with E-state index in [1.165, 1.54) is 0 Å². The van der Waals surface area contributed by atoms with Crippen molar-refractivity contribution in [2.24, 2.45) is 0 Å². The van der Waals surface area contributed by atoms with Gasteiger partial charge in [-0.3, -0.25) is 0 Å². The number of furan rings is 1. The normalized spacial score (nSPS) is 10.9. The van der Waals surface area contributed by atoms with Crippen LogP contribution in [0.4, 0.5) is 11.9 Å². The molecule has 0 aliphatic rings. The molecule has 0 aliphatic carbocycles. The monoisotopic (exact) mass is 283 g/mol. The zero-order valence-corrected chi connectivity index (χ0v) is 12.5. The SMILES string of the molecule is CNc1nc(-c2cc3cccc(C)c3o2)nc(N(C)C)n1. The third-order valence-electron chi connectivity index (χ3n) is 3.21. The second kappa shape index (κ2) is 5.05. The van der Waals surface area contributed by atoms with Crippen LogP contribution in [0.2, 0.25) is 0 Å². The van der Waals surface area contributed by atoms with Gasteiger partial charge in [-0.1, -0.05) is 18.2 Å². The Labute approximate surface area is 122 Å². The van der Waals surface area contributed by atoms with E-state index in [2.05, 4.69) is 20.3 Å². The topological polar surface area (TPSA) is 67.1 Å². The molecule has 21 heavy (non-hydrogen) atoms. The van der Waals surface area contributed by atoms with Crippen molar-refractivity contribution in [2.45, 2.75) is 6.92 Å². The minimum Gasteiger partial charge on any atom is -0.452 e. The highest BCUT2D eigenvalue weighted by Gasteiger charge is 2.14. The summed E-state index contributed by atoms with van der Waals surface area (Å²) < 4.78 is 5.92. The molecule has 0 saturated carbocycles. The zero-order valence-electron chi connectivity index (χ0n) is 12.5. The molecule has 0 unspecified atom stereocenters. The maximum atomic E-state index is 5.92. The molecule has 2 heterocycles. The van der Waals surface area contributed by atoms with Crippen LogP contribution in [0.3, 0.4) is 0 Å². The van der Waals surface area contributed by atoms with Gasteiger partial charge >= 0.3 is 0 Å². The van der Waals surface area contributed by atoms with Crippen LogP contribution in [0.1, 0.15) is 5.56 Å². The fraction of sp³-hybridized carbons (Fsp3) is 0.267. The Kier molecular flexibility index (Phi) is 3.21. The van der Waals surface area contributed by atoms with Crippen molar-refractivity contribution in [1.29, 1.82) is 0 Å². The summed E-state index contributed by atoms with van der Waals surface area (Å²) in [5.74, 6) is 2.26. The summed E-state index contributed by atoms with van der Waals surface area (Å²) in [6.07, 6.45) is 0. The van der Waals surface area contributed by atoms with Crippen molar-refractivity contribution in [3.8, 4) is 11.6 Å². The van der Waals surface area contributed by atoms with Gasteiger partial charge in [-0.05, 0) is 18.6 Å². The number of anilines is 2. The van der Waals surface area contributed by atoms with E-state index in [1.807, 2.05) is 50.2 Å². The van der Waals surface area contributed by atoms with Gasteiger partial charge < -0.3 is 14.6 Å². The average Bonchev–Trinajstić information content (AvgIpc) is 2.92. The van der Waals surface area contributed by atoms with Crippen molar-refractivity contribution < 1.29 is 4.42 Å². The number of aromatic nitrogens is 3. The van der Waals surface area contributed by atoms with Gasteiger partial charge in [-0.2, -0.15) is 15.0 Å². The Hall–Kier alpha value is -2.63. The standard InChI is InChI=1S/C15H17N5O/c1-9-6-5-7-10-8-11(21-12(9)10)13-17-14(16-2)19-15(18-13)20(3)4/h5-8H,1-4H3,(H,16,17,18,19). The average molecular weight is 283 g/mol. The summed E-state index contributed by atoms with van der Waals surface area (Å²) in [6.45, 7) is 2.02. The molecule has 6 nitrogen and oxygen atoms in total. The molecule has 0 bridgehead atoms. The molecule has 1 N–H and O–H groups in total. The summed E-state index contributed by atoms with van der Waals surface area (Å²) in [6, 6.07) is 8.00. The van der Waals surface area contributed by atoms with Crippen molar-refractivity contribution in [3.63, 3.8) is 0 Å². The number of fused-ring (bicyclic) bond motifs is 1. The second-order valence-electron chi connectivity index (χ2n) is 5.03. The van der Waals surface area contributed by atoms with Gasteiger partial charge in [0.15, 0.2) is 5.76 Å². The van der Waals surface area contributed by atoms with E-state index in [0.717, 1.165) is 16.5 Å². The Morgan fingerprint density at radius 3 is 2.62 bits per heavy atom. The maximum Gasteiger partial charge on any atom is 0.230 e. The number of nitrogens with zero attached hydrogens (tertiary/aromatic N) is 4. The van der Waals surface area contributed by atoms with Crippen LogP contribution in [-0.2, 0) is 0 Å². The van der Waals surface area contributed by atoms with Crippen LogP contribution in [0.5, 0.6) is 0 Å². The molecule has 108 valence electrons. The summed E-state index contributed by atoms with van der Waals surface area (Å²) >= 11 is 0. The van der Waals surface area contributed by atoms with Gasteiger partial charge in [0.05, 0.1) is 0 Å². The van der Waals surface area contributed by atoms with E-state index in [-0.39, 0.29) is 0 Å². The first kappa shape index (κ1) is 13.4. The van der Waals surface area contributed by atoms with Gasteiger partial charge in [0.1, 0.15) is 5.58 Å². The van der Waals surface area contributed by atoms with Crippen LogP contribution in [-0.4, -0.2) is 36.1 Å². The highest BCUT2D eigenvalue weighted by Crippen LogP contribution is 2.28. The molecular formula is C15H17N5O. The van der Waals surface area contributed by atoms with Crippen LogP contribution < -0.4 is 10.2 Å². The molecule has 0 atom stereocenters. The summed E-state index contributed by atoms with van der Waals surface area (Å²) in [4.78, 5) is 15.0. The smallest absolute Gasteiger partial charge is 0.230 e. The van der Waals surface area contributed by atoms with Gasteiger partial charge in [0.25, 0.3) is 0 Å². The first-order valence-corrected chi connectivity index (χ1v) is 6.69. The highest BCUT2D eigenvalue weighted by atomic mass is 16.3. The maximum absolute atomic E-state index is 5.92. The third-order valence-corrected chi connectivity index (χ3v) is 3.21. The predicted molar refractivity (Wildman–Crippen MR) is 83.6 cm³/mol. The van der Waals surface area contributed by atoms with Crippen LogP contribution in [0.15, 0.2) is 28.7 Å². The molecule has 0 aliphatic heterocycles. The summed E-state index contributed by atoms with van der Waals surface area (Å²) in [5, 5.41) is 3.99. The first-order valence-electron chi connectivity index (χ1n) is 6.69. The molecule has 1 aromatic carbocycles. The zero-order chi connectivity index (χ0) is 15.0. The lowest BCUT2D eigenvalue weighted by Crippen LogP contribution is -2.15. The van der Waals surface area contributed by atoms with E-state index in [1.54, 1.807) is 7.05 Å². The summed E-state index contributed by atoms with van der Waals surface area (Å²) in [7, 11) is 5.56. The Balaban J connectivity index is 2.17. The number of hydrogen-bond donors (Lipinski definition) is 1. The van der Waals surface area contributed by atoms with Gasteiger partial charge in [-0.15, -0.1) is 0 Å². The fourth-order valence-electron chi connectivity index (χ4n) is 2.11. The van der Waals surface area contributed by atoms with Crippen LogP contribution in [0, 0.1) is 6.92 Å². The largest absolute Gasteiger partial charge is 0.452 e. The number of hydrogen-bond acceptors (Lipinski definition) is 6. The number of rotatable bonds is 3. The van der Waals surface area contributed by atoms with E-state index in [4.69, 9.17) is 4.42 Å². The molecule has 0 saturated heterocycles. The Bertz CT molecular complexity index is 794. The number of nitrogens with one attached hydrogen (secondary N) is 1. The molecule has 3 aromatic rings. The van der Waals surface area contributed by atoms with Crippen LogP contribution >= 0.6 is 0 Å². The number of benzene rings is 1. The molecule has 0 radical (unpaired) electrons. The quantitative estimate of drug-likeness (QED) is 0.797. The van der Waals surface area contributed by atoms with Crippen molar-refractivity contribution in [1.82, 2.24) is 15.0 Å². The third kappa shape index (κ3) is 2.40. The van der Waals surface area contributed by atoms with E-state index in [0.29, 0.717) is 23.5 Å². The molecule has 0 spiro atoms. The molecule has 0 fully saturated rings. The minimum atomic E-state index is 0.515. The number of para-hydroxylation sites is 1. The van der Waals surface area contributed by atoms with Gasteiger partial charge in [0.2, 0.25) is 17.7 Å². The lowest BCUT2D eigenvalue weighted by atomic mass is 10.2. The highest BCUT2D eigenvalue weighted by molar-refractivity contribution is 5.84.